The van der Waals surface area contributed by atoms with Gasteiger partial charge in [-0.2, -0.15) is 0 Å². The number of hydrogen-bond donors (Lipinski definition) is 0. The number of benzene rings is 2. The van der Waals surface area contributed by atoms with Crippen molar-refractivity contribution in [2.24, 2.45) is 0 Å². The van der Waals surface area contributed by atoms with E-state index in [9.17, 15) is 9.59 Å². The van der Waals surface area contributed by atoms with Crippen molar-refractivity contribution >= 4 is 34.3 Å². The lowest BCUT2D eigenvalue weighted by Crippen LogP contribution is -2.23. The summed E-state index contributed by atoms with van der Waals surface area (Å²) >= 11 is 0. The van der Waals surface area contributed by atoms with Gasteiger partial charge in [0.15, 0.2) is 23.4 Å². The molecule has 0 N–H and O–H groups in total. The van der Waals surface area contributed by atoms with Crippen molar-refractivity contribution in [3.63, 3.8) is 0 Å². The van der Waals surface area contributed by atoms with Crippen LogP contribution in [0.5, 0.6) is 17.2 Å². The maximum atomic E-state index is 13.2. The number of nitrogens with zero attached hydrogens (tertiary/aromatic N) is 1. The first-order valence-corrected chi connectivity index (χ1v) is 11.0. The van der Waals surface area contributed by atoms with E-state index in [-0.39, 0.29) is 5.78 Å². The normalized spacial score (nSPS) is 14.6. The van der Waals surface area contributed by atoms with Gasteiger partial charge in [-0.3, -0.25) is 4.79 Å². The molecule has 1 aromatic heterocycles. The first kappa shape index (κ1) is 23.3. The van der Waals surface area contributed by atoms with Gasteiger partial charge in [0.05, 0.1) is 38.1 Å². The lowest BCUT2D eigenvalue weighted by molar-refractivity contribution is -0.124. The standard InChI is InChI=1S/C27H27NO6/c1-15(29)16(2)34-27(30)24-19-8-6-7-9-21(19)28-25-18(10-11-20(24)25)12-17-13-22(31-3)26(33-5)23(14-17)32-4/h6-9,12-14,16H,10-11H2,1-5H3/b18-12+. The fourth-order valence-corrected chi connectivity index (χ4v) is 4.20. The molecule has 0 spiro atoms. The van der Waals surface area contributed by atoms with Crippen LogP contribution in [0.2, 0.25) is 0 Å². The van der Waals surface area contributed by atoms with Gasteiger partial charge in [-0.25, -0.2) is 9.78 Å². The van der Waals surface area contributed by atoms with E-state index in [2.05, 4.69) is 0 Å². The topological polar surface area (TPSA) is 84.0 Å². The van der Waals surface area contributed by atoms with Crippen LogP contribution in [0.1, 0.15) is 47.4 Å². The van der Waals surface area contributed by atoms with E-state index < -0.39 is 12.1 Å². The zero-order chi connectivity index (χ0) is 24.4. The van der Waals surface area contributed by atoms with Gasteiger partial charge in [0.2, 0.25) is 5.75 Å². The number of fused-ring (bicyclic) bond motifs is 2. The van der Waals surface area contributed by atoms with E-state index in [1.807, 2.05) is 42.5 Å². The number of allylic oxidation sites excluding steroid dienone is 1. The number of para-hydroxylation sites is 1. The van der Waals surface area contributed by atoms with Crippen LogP contribution in [0.25, 0.3) is 22.6 Å². The molecule has 7 heteroatoms. The first-order valence-electron chi connectivity index (χ1n) is 11.0. The van der Waals surface area contributed by atoms with Crippen LogP contribution in [-0.2, 0) is 16.0 Å². The number of ketones is 1. The Labute approximate surface area is 198 Å². The van der Waals surface area contributed by atoms with Gasteiger partial charge in [0, 0.05) is 5.39 Å². The molecule has 1 heterocycles. The van der Waals surface area contributed by atoms with Gasteiger partial charge in [-0.05, 0) is 67.7 Å². The Morgan fingerprint density at radius 1 is 1.00 bits per heavy atom. The Morgan fingerprint density at radius 3 is 2.29 bits per heavy atom. The molecule has 0 bridgehead atoms. The second-order valence-corrected chi connectivity index (χ2v) is 8.12. The number of carbonyl (C=O) groups excluding carboxylic acids is 2. The van der Waals surface area contributed by atoms with Crippen molar-refractivity contribution in [2.75, 3.05) is 21.3 Å². The van der Waals surface area contributed by atoms with E-state index in [0.717, 1.165) is 27.8 Å². The number of esters is 1. The van der Waals surface area contributed by atoms with Crippen LogP contribution in [0.3, 0.4) is 0 Å². The minimum atomic E-state index is -0.814. The Balaban J connectivity index is 1.85. The SMILES string of the molecule is COc1cc(/C=C2\CCc3c2nc2ccccc2c3C(=O)OC(C)C(C)=O)cc(OC)c1OC. The molecule has 0 saturated heterocycles. The molecule has 4 rings (SSSR count). The van der Waals surface area contributed by atoms with Crippen molar-refractivity contribution in [2.45, 2.75) is 32.8 Å². The lowest BCUT2D eigenvalue weighted by atomic mass is 10.0. The largest absolute Gasteiger partial charge is 0.493 e. The molecule has 1 aliphatic carbocycles. The Morgan fingerprint density at radius 2 is 1.68 bits per heavy atom. The van der Waals surface area contributed by atoms with E-state index in [1.54, 1.807) is 28.3 Å². The summed E-state index contributed by atoms with van der Waals surface area (Å²) in [4.78, 5) is 29.7. The van der Waals surface area contributed by atoms with Crippen molar-refractivity contribution in [1.29, 1.82) is 0 Å². The number of hydrogen-bond acceptors (Lipinski definition) is 7. The van der Waals surface area contributed by atoms with Crippen molar-refractivity contribution in [1.82, 2.24) is 4.98 Å². The number of Topliss-reactive ketones (excluding diaryl/α,β-unsaturated/α-hetero) is 1. The van der Waals surface area contributed by atoms with Gasteiger partial charge < -0.3 is 18.9 Å². The van der Waals surface area contributed by atoms with Gasteiger partial charge in [0.25, 0.3) is 0 Å². The van der Waals surface area contributed by atoms with Gasteiger partial charge >= 0.3 is 5.97 Å². The third kappa shape index (κ3) is 4.21. The van der Waals surface area contributed by atoms with Gasteiger partial charge in [-0.1, -0.05) is 18.2 Å². The van der Waals surface area contributed by atoms with Crippen LogP contribution >= 0.6 is 0 Å². The summed E-state index contributed by atoms with van der Waals surface area (Å²) in [5.41, 5.74) is 4.61. The summed E-state index contributed by atoms with van der Waals surface area (Å²) in [6, 6.07) is 11.2. The fourth-order valence-electron chi connectivity index (χ4n) is 4.20. The van der Waals surface area contributed by atoms with Crippen molar-refractivity contribution in [3.05, 3.63) is 58.8 Å². The molecule has 7 nitrogen and oxygen atoms in total. The second-order valence-electron chi connectivity index (χ2n) is 8.12. The number of carbonyl (C=O) groups is 2. The first-order chi connectivity index (χ1) is 16.4. The molecule has 0 fully saturated rings. The summed E-state index contributed by atoms with van der Waals surface area (Å²) in [6.45, 7) is 2.99. The number of pyridine rings is 1. The quantitative estimate of drug-likeness (QED) is 0.464. The maximum Gasteiger partial charge on any atom is 0.339 e. The minimum Gasteiger partial charge on any atom is -0.493 e. The number of rotatable bonds is 7. The summed E-state index contributed by atoms with van der Waals surface area (Å²) in [5.74, 6) is 0.924. The summed E-state index contributed by atoms with van der Waals surface area (Å²) in [7, 11) is 4.72. The minimum absolute atomic E-state index is 0.202. The molecule has 2 aromatic carbocycles. The third-order valence-corrected chi connectivity index (χ3v) is 6.03. The highest BCUT2D eigenvalue weighted by Gasteiger charge is 2.29. The number of methoxy groups -OCH3 is 3. The van der Waals surface area contributed by atoms with Crippen molar-refractivity contribution in [3.8, 4) is 17.2 Å². The molecule has 0 aliphatic heterocycles. The van der Waals surface area contributed by atoms with E-state index in [4.69, 9.17) is 23.9 Å². The number of aromatic nitrogens is 1. The highest BCUT2D eigenvalue weighted by molar-refractivity contribution is 6.07. The zero-order valence-electron chi connectivity index (χ0n) is 19.9. The molecule has 0 radical (unpaired) electrons. The van der Waals surface area contributed by atoms with Crippen LogP contribution in [0, 0.1) is 0 Å². The molecule has 1 unspecified atom stereocenters. The molecular formula is C27H27NO6. The van der Waals surface area contributed by atoms with Crippen LogP contribution < -0.4 is 14.2 Å². The van der Waals surface area contributed by atoms with Crippen molar-refractivity contribution < 1.29 is 28.5 Å². The molecule has 0 amide bonds. The summed E-state index contributed by atoms with van der Waals surface area (Å²) in [6.07, 6.45) is 2.55. The average Bonchev–Trinajstić information content (AvgIpc) is 3.23. The third-order valence-electron chi connectivity index (χ3n) is 6.03. The van der Waals surface area contributed by atoms with Gasteiger partial charge in [0.1, 0.15) is 0 Å². The molecule has 3 aromatic rings. The van der Waals surface area contributed by atoms with E-state index >= 15 is 0 Å². The van der Waals surface area contributed by atoms with Gasteiger partial charge in [-0.15, -0.1) is 0 Å². The summed E-state index contributed by atoms with van der Waals surface area (Å²) < 4.78 is 21.9. The van der Waals surface area contributed by atoms with Crippen LogP contribution in [0.4, 0.5) is 0 Å². The zero-order valence-corrected chi connectivity index (χ0v) is 19.9. The fraction of sp³-hybridized carbons (Fsp3) is 0.296. The maximum absolute atomic E-state index is 13.2. The smallest absolute Gasteiger partial charge is 0.339 e. The Kier molecular flexibility index (Phi) is 6.54. The highest BCUT2D eigenvalue weighted by Crippen LogP contribution is 2.41. The highest BCUT2D eigenvalue weighted by atomic mass is 16.5. The van der Waals surface area contributed by atoms with E-state index in [1.165, 1.54) is 6.92 Å². The monoisotopic (exact) mass is 461 g/mol. The molecular weight excluding hydrogens is 434 g/mol. The predicted molar refractivity (Wildman–Crippen MR) is 130 cm³/mol. The molecule has 1 atom stereocenters. The number of ether oxygens (including phenoxy) is 4. The van der Waals surface area contributed by atoms with Crippen LogP contribution in [0.15, 0.2) is 36.4 Å². The van der Waals surface area contributed by atoms with Crippen LogP contribution in [-0.4, -0.2) is 44.2 Å². The molecule has 176 valence electrons. The summed E-state index contributed by atoms with van der Waals surface area (Å²) in [5, 5.41) is 0.719. The second kappa shape index (κ2) is 9.55. The Hall–Kier alpha value is -3.87. The Bertz CT molecular complexity index is 1280. The molecule has 0 saturated carbocycles. The molecule has 1 aliphatic rings. The average molecular weight is 462 g/mol. The van der Waals surface area contributed by atoms with E-state index in [0.29, 0.717) is 41.2 Å². The lowest BCUT2D eigenvalue weighted by Gasteiger charge is -2.15. The predicted octanol–water partition coefficient (Wildman–Crippen LogP) is 4.88. The molecule has 34 heavy (non-hydrogen) atoms.